The highest BCUT2D eigenvalue weighted by Crippen LogP contribution is 2.46. The summed E-state index contributed by atoms with van der Waals surface area (Å²) in [5.74, 6) is -3.98. The Morgan fingerprint density at radius 3 is 1.85 bits per heavy atom. The predicted octanol–water partition coefficient (Wildman–Crippen LogP) is 5.53. The van der Waals surface area contributed by atoms with Crippen molar-refractivity contribution >= 4 is 115 Å². The van der Waals surface area contributed by atoms with Gasteiger partial charge in [0.2, 0.25) is 6.04 Å². The number of aliphatic hydroxyl groups excluding tert-OH is 2. The van der Waals surface area contributed by atoms with Gasteiger partial charge in [0.1, 0.15) is 56.5 Å². The maximum absolute atomic E-state index is 13.3. The van der Waals surface area contributed by atoms with Gasteiger partial charge in [-0.1, -0.05) is 12.1 Å². The molecule has 2 unspecified atom stereocenters. The third kappa shape index (κ3) is 11.2. The van der Waals surface area contributed by atoms with Crippen molar-refractivity contribution in [3.05, 3.63) is 91.0 Å². The van der Waals surface area contributed by atoms with E-state index < -0.39 is 118 Å². The fourth-order valence-corrected chi connectivity index (χ4v) is 9.12. The molecule has 1 aliphatic rings. The smallest absolute Gasteiger partial charge is 0.355 e. The van der Waals surface area contributed by atoms with Gasteiger partial charge in [0.15, 0.2) is 22.5 Å². The molecule has 0 aliphatic carbocycles. The quantitative estimate of drug-likeness (QED) is 0.0298. The molecule has 0 saturated carbocycles. The van der Waals surface area contributed by atoms with Crippen LogP contribution in [0.5, 0.6) is 17.2 Å². The van der Waals surface area contributed by atoms with E-state index in [0.29, 0.717) is 5.01 Å². The second kappa shape index (κ2) is 20.4. The van der Waals surface area contributed by atoms with Crippen molar-refractivity contribution in [2.24, 2.45) is 35.8 Å². The number of carboxylic acid groups (broad SMARTS) is 1. The van der Waals surface area contributed by atoms with E-state index in [0.717, 1.165) is 54.6 Å². The van der Waals surface area contributed by atoms with Crippen molar-refractivity contribution in [2.75, 3.05) is 31.4 Å². The highest BCUT2D eigenvalue weighted by molar-refractivity contribution is 7.86. The standard InChI is InChI=1S/C40H32N8O19S4/c49-10-12-66-30-19-29(31(67-13-11-50)18-28(30)43-42-22-16-27-26(33(17-22)70(60,61)62)2-1-3-32(27)69(57,58)59)44-45-35-34(71(63,64)65)15-20-14-21(4-9-25(20)38(35)51)41-46-36-37(40(53)54)47-48(39(36)52)23-5-7-24(8-6-23)68(55)56/h1-9,14-19,36,49-51H,10-13H2,(H,53,54)(H,55,56)(H,57,58,59)(H,60,61,62)(H,63,64,65). The van der Waals surface area contributed by atoms with E-state index >= 15 is 0 Å². The van der Waals surface area contributed by atoms with Crippen LogP contribution in [-0.4, -0.2) is 118 Å². The number of anilines is 1. The van der Waals surface area contributed by atoms with Crippen LogP contribution in [0.3, 0.4) is 0 Å². The topological polar surface area (TPSA) is 424 Å². The number of hydrogen-bond acceptors (Lipinski definition) is 21. The highest BCUT2D eigenvalue weighted by Gasteiger charge is 2.41. The molecule has 0 bridgehead atoms. The lowest BCUT2D eigenvalue weighted by molar-refractivity contribution is -0.130. The van der Waals surface area contributed by atoms with Gasteiger partial charge in [0, 0.05) is 28.3 Å². The van der Waals surface area contributed by atoms with Gasteiger partial charge in [-0.2, -0.15) is 50.7 Å². The number of amides is 1. The first-order valence-electron chi connectivity index (χ1n) is 19.6. The van der Waals surface area contributed by atoms with Gasteiger partial charge >= 0.3 is 5.97 Å². The summed E-state index contributed by atoms with van der Waals surface area (Å²) in [6.07, 6.45) is 0. The van der Waals surface area contributed by atoms with Crippen LogP contribution in [0, 0.1) is 0 Å². The summed E-state index contributed by atoms with van der Waals surface area (Å²) >= 11 is -2.34. The van der Waals surface area contributed by atoms with Crippen LogP contribution < -0.4 is 14.5 Å². The number of rotatable bonds is 18. The van der Waals surface area contributed by atoms with Crippen molar-refractivity contribution < 1.29 is 87.2 Å². The highest BCUT2D eigenvalue weighted by atomic mass is 32.2. The minimum Gasteiger partial charge on any atom is -0.505 e. The molecule has 1 aliphatic heterocycles. The van der Waals surface area contributed by atoms with Crippen molar-refractivity contribution in [2.45, 2.75) is 25.6 Å². The minimum atomic E-state index is -5.25. The van der Waals surface area contributed by atoms with Crippen molar-refractivity contribution in [1.29, 1.82) is 0 Å². The number of carbonyl (C=O) groups excluding carboxylic acids is 1. The number of hydrogen-bond donors (Lipinski definition) is 8. The molecule has 6 aromatic rings. The molecule has 370 valence electrons. The third-order valence-electron chi connectivity index (χ3n) is 9.74. The zero-order chi connectivity index (χ0) is 51.6. The number of aliphatic carboxylic acids is 1. The van der Waals surface area contributed by atoms with Crippen LogP contribution in [0.2, 0.25) is 0 Å². The number of ether oxygens (including phenoxy) is 2. The summed E-state index contributed by atoms with van der Waals surface area (Å²) in [5.41, 5.74) is -2.58. The lowest BCUT2D eigenvalue weighted by Crippen LogP contribution is -2.33. The molecule has 27 nitrogen and oxygen atoms in total. The summed E-state index contributed by atoms with van der Waals surface area (Å²) in [6.45, 7) is -1.94. The Labute approximate surface area is 401 Å². The number of phenolic OH excluding ortho intramolecular Hbond substituents is 1. The van der Waals surface area contributed by atoms with Gasteiger partial charge in [0.25, 0.3) is 36.3 Å². The summed E-state index contributed by atoms with van der Waals surface area (Å²) in [4.78, 5) is 22.8. The van der Waals surface area contributed by atoms with Gasteiger partial charge in [-0.3, -0.25) is 18.5 Å². The molecule has 71 heavy (non-hydrogen) atoms. The Kier molecular flexibility index (Phi) is 14.7. The van der Waals surface area contributed by atoms with Crippen molar-refractivity contribution in [1.82, 2.24) is 0 Å². The third-order valence-corrected chi connectivity index (χ3v) is 13.1. The maximum Gasteiger partial charge on any atom is 0.355 e. The molecule has 0 saturated heterocycles. The second-order valence-corrected chi connectivity index (χ2v) is 19.5. The largest absolute Gasteiger partial charge is 0.505 e. The number of carbonyl (C=O) groups is 2. The van der Waals surface area contributed by atoms with Gasteiger partial charge in [-0.05, 0) is 72.1 Å². The fourth-order valence-electron chi connectivity index (χ4n) is 6.67. The van der Waals surface area contributed by atoms with E-state index in [1.54, 1.807) is 0 Å². The molecule has 31 heteroatoms. The Bertz CT molecular complexity index is 3670. The second-order valence-electron chi connectivity index (χ2n) is 14.3. The average Bonchev–Trinajstić information content (AvgIpc) is 3.65. The number of benzene rings is 6. The van der Waals surface area contributed by atoms with Crippen molar-refractivity contribution in [3.63, 3.8) is 0 Å². The summed E-state index contributed by atoms with van der Waals surface area (Å²) in [5, 5.41) is 67.6. The Morgan fingerprint density at radius 2 is 1.28 bits per heavy atom. The van der Waals surface area contributed by atoms with E-state index in [2.05, 4.69) is 35.8 Å². The monoisotopic (exact) mass is 1060 g/mol. The minimum absolute atomic E-state index is 0.00762. The first-order valence-corrected chi connectivity index (χ1v) is 25.0. The first-order chi connectivity index (χ1) is 33.5. The molecule has 0 aromatic heterocycles. The summed E-state index contributed by atoms with van der Waals surface area (Å²) in [6, 6.07) is 14.9. The van der Waals surface area contributed by atoms with Crippen LogP contribution in [0.4, 0.5) is 34.1 Å². The predicted molar refractivity (Wildman–Crippen MR) is 245 cm³/mol. The Balaban J connectivity index is 1.26. The average molecular weight is 1060 g/mol. The number of azo groups is 3. The molecule has 6 aromatic carbocycles. The van der Waals surface area contributed by atoms with E-state index in [4.69, 9.17) is 9.47 Å². The van der Waals surface area contributed by atoms with E-state index in [1.165, 1.54) is 36.4 Å². The van der Waals surface area contributed by atoms with Crippen molar-refractivity contribution in [3.8, 4) is 17.2 Å². The first kappa shape index (κ1) is 51.3. The Morgan fingerprint density at radius 1 is 0.676 bits per heavy atom. The van der Waals surface area contributed by atoms with Gasteiger partial charge in [-0.15, -0.1) is 15.3 Å². The summed E-state index contributed by atoms with van der Waals surface area (Å²) < 4.78 is 136. The molecule has 1 heterocycles. The van der Waals surface area contributed by atoms with E-state index in [1.807, 2.05) is 0 Å². The van der Waals surface area contributed by atoms with Crippen LogP contribution in [0.25, 0.3) is 21.5 Å². The zero-order valence-corrected chi connectivity index (χ0v) is 38.6. The number of nitrogens with zero attached hydrogens (tertiary/aromatic N) is 8. The number of aromatic hydroxyl groups is 1. The summed E-state index contributed by atoms with van der Waals surface area (Å²) in [7, 11) is -15.2. The molecule has 2 atom stereocenters. The van der Waals surface area contributed by atoms with E-state index in [-0.39, 0.29) is 66.4 Å². The Hall–Kier alpha value is -7.59. The molecule has 0 spiro atoms. The molecular formula is C40H32N8O19S4. The SMILES string of the molecule is O=C(O)C1=NN(c2ccc(S(=O)O)cc2)C(=O)C1N=Nc1ccc2c(O)c(N=Nc3cc(OCCO)c(N=Nc4cc(S(=O)(=O)O)c5cccc(S(=O)(=O)O)c5c4)cc3OCCO)c(S(=O)(=O)O)cc2c1. The number of phenols is 1. The van der Waals surface area contributed by atoms with Crippen LogP contribution in [0.15, 0.2) is 146 Å². The maximum atomic E-state index is 13.3. The molecule has 0 radical (unpaired) electrons. The molecule has 7 rings (SSSR count). The zero-order valence-electron chi connectivity index (χ0n) is 35.3. The number of hydrazone groups is 1. The van der Waals surface area contributed by atoms with Gasteiger partial charge in [0.05, 0.1) is 35.2 Å². The van der Waals surface area contributed by atoms with Gasteiger partial charge < -0.3 is 34.5 Å². The molecule has 0 fully saturated rings. The molecular weight excluding hydrogens is 1020 g/mol. The van der Waals surface area contributed by atoms with Crippen LogP contribution >= 0.6 is 0 Å². The lowest BCUT2D eigenvalue weighted by atomic mass is 10.1. The van der Waals surface area contributed by atoms with Gasteiger partial charge in [-0.25, -0.2) is 9.00 Å². The lowest BCUT2D eigenvalue weighted by Gasteiger charge is -2.13. The van der Waals surface area contributed by atoms with E-state index in [9.17, 15) is 77.7 Å². The fraction of sp³-hybridized carbons (Fsp3) is 0.125. The molecule has 1 amide bonds. The molecule has 8 N–H and O–H groups in total. The van der Waals surface area contributed by atoms with Crippen LogP contribution in [0.1, 0.15) is 0 Å². The number of carboxylic acids is 1. The number of fused-ring (bicyclic) bond motifs is 2. The number of aliphatic hydroxyl groups is 2. The normalized spacial score (nSPS) is 15.1. The van der Waals surface area contributed by atoms with Crippen LogP contribution in [-0.2, 0) is 51.0 Å².